The lowest BCUT2D eigenvalue weighted by Crippen LogP contribution is -2.49. The molecule has 1 spiro atoms. The summed E-state index contributed by atoms with van der Waals surface area (Å²) in [7, 11) is -3.51. The first-order valence-corrected chi connectivity index (χ1v) is 9.23. The summed E-state index contributed by atoms with van der Waals surface area (Å²) in [6.07, 6.45) is 4.94. The Kier molecular flexibility index (Phi) is 2.45. The minimum absolute atomic E-state index is 0.000624. The zero-order valence-electron chi connectivity index (χ0n) is 12.4. The molecule has 0 radical (unpaired) electrons. The second-order valence-electron chi connectivity index (χ2n) is 7.48. The summed E-state index contributed by atoms with van der Waals surface area (Å²) < 4.78 is 26.6. The summed E-state index contributed by atoms with van der Waals surface area (Å²) in [4.78, 5) is 12.7. The summed E-state index contributed by atoms with van der Waals surface area (Å²) >= 11 is 0. The zero-order chi connectivity index (χ0) is 15.0. The van der Waals surface area contributed by atoms with E-state index < -0.39 is 16.1 Å². The first-order valence-electron chi connectivity index (χ1n) is 7.63. The van der Waals surface area contributed by atoms with E-state index in [0.717, 1.165) is 19.3 Å². The van der Waals surface area contributed by atoms with Crippen LogP contribution in [0.1, 0.15) is 39.5 Å². The van der Waals surface area contributed by atoms with Gasteiger partial charge in [-0.2, -0.15) is 5.10 Å². The molecular weight excluding hydrogens is 290 g/mol. The molecule has 6 nitrogen and oxygen atoms in total. The van der Waals surface area contributed by atoms with Crippen molar-refractivity contribution in [3.63, 3.8) is 0 Å². The maximum atomic E-state index is 12.7. The third kappa shape index (κ3) is 1.45. The molecule has 1 N–H and O–H groups in total. The molecule has 4 atom stereocenters. The molecule has 2 aliphatic carbocycles. The number of hydrogen-bond donors (Lipinski definition) is 1. The average Bonchev–Trinajstić information content (AvgIpc) is 3.08. The van der Waals surface area contributed by atoms with E-state index in [-0.39, 0.29) is 28.5 Å². The third-order valence-corrected chi connectivity index (χ3v) is 8.50. The van der Waals surface area contributed by atoms with Gasteiger partial charge in [0.25, 0.3) is 5.91 Å². The number of nitrogens with one attached hydrogen (secondary N) is 1. The van der Waals surface area contributed by atoms with Crippen LogP contribution in [0.15, 0.2) is 5.10 Å². The van der Waals surface area contributed by atoms with Crippen LogP contribution in [0.4, 0.5) is 0 Å². The molecule has 2 saturated carbocycles. The monoisotopic (exact) mass is 311 g/mol. The van der Waals surface area contributed by atoms with Crippen LogP contribution in [-0.4, -0.2) is 42.7 Å². The smallest absolute Gasteiger partial charge is 0.260 e. The molecule has 7 heteroatoms. The second-order valence-corrected chi connectivity index (χ2v) is 9.33. The van der Waals surface area contributed by atoms with E-state index in [1.165, 1.54) is 4.31 Å². The molecule has 0 aromatic heterocycles. The summed E-state index contributed by atoms with van der Waals surface area (Å²) in [6.45, 7) is 4.37. The topological polar surface area (TPSA) is 78.8 Å². The number of carbonyl (C=O) groups excluding carboxylic acids is 1. The van der Waals surface area contributed by atoms with Crippen LogP contribution in [0.5, 0.6) is 0 Å². The fourth-order valence-electron chi connectivity index (χ4n) is 5.24. The third-order valence-electron chi connectivity index (χ3n) is 6.59. The fraction of sp³-hybridized carbons (Fsp3) is 0.857. The molecular formula is C14H21N3O3S. The Labute approximate surface area is 125 Å². The van der Waals surface area contributed by atoms with E-state index in [1.807, 2.05) is 0 Å². The van der Waals surface area contributed by atoms with E-state index in [4.69, 9.17) is 0 Å². The van der Waals surface area contributed by atoms with Crippen LogP contribution in [-0.2, 0) is 14.8 Å². The largest absolute Gasteiger partial charge is 0.297 e. The van der Waals surface area contributed by atoms with Crippen LogP contribution < -0.4 is 5.43 Å². The normalized spacial score (nSPS) is 44.9. The van der Waals surface area contributed by atoms with Gasteiger partial charge in [0.15, 0.2) is 0 Å². The van der Waals surface area contributed by atoms with Crippen LogP contribution in [0.25, 0.3) is 0 Å². The molecule has 4 unspecified atom stereocenters. The minimum Gasteiger partial charge on any atom is -0.297 e. The standard InChI is InChI=1S/C14H21N3O3S/c1-13(2)9-3-5-14(13)8-21(19,20)17(11(14)7-9)12(18)10-4-6-15-16-10/h6,9-11,16H,3-5,7-8H2,1-2H3. The summed E-state index contributed by atoms with van der Waals surface area (Å²) in [5.74, 6) is 0.340. The minimum atomic E-state index is -3.51. The Balaban J connectivity index is 1.74. The Hall–Kier alpha value is -1.11. The lowest BCUT2D eigenvalue weighted by Gasteiger charge is -2.37. The molecule has 4 rings (SSSR count). The van der Waals surface area contributed by atoms with Crippen molar-refractivity contribution in [2.75, 3.05) is 5.75 Å². The number of sulfonamides is 1. The van der Waals surface area contributed by atoms with Crippen LogP contribution in [0.3, 0.4) is 0 Å². The van der Waals surface area contributed by atoms with E-state index in [0.29, 0.717) is 12.3 Å². The molecule has 116 valence electrons. The molecule has 2 bridgehead atoms. The lowest BCUT2D eigenvalue weighted by molar-refractivity contribution is -0.130. The number of rotatable bonds is 1. The van der Waals surface area contributed by atoms with Crippen molar-refractivity contribution < 1.29 is 13.2 Å². The molecule has 1 amide bonds. The van der Waals surface area contributed by atoms with Crippen molar-refractivity contribution in [2.24, 2.45) is 21.8 Å². The highest BCUT2D eigenvalue weighted by Gasteiger charge is 2.72. The van der Waals surface area contributed by atoms with Gasteiger partial charge in [0.2, 0.25) is 10.0 Å². The lowest BCUT2D eigenvalue weighted by atomic mass is 9.69. The highest BCUT2D eigenvalue weighted by atomic mass is 32.2. The van der Waals surface area contributed by atoms with Crippen molar-refractivity contribution in [2.45, 2.75) is 51.6 Å². The molecule has 3 fully saturated rings. The van der Waals surface area contributed by atoms with Crippen LogP contribution in [0.2, 0.25) is 0 Å². The number of fused-ring (bicyclic) bond motifs is 1. The molecule has 21 heavy (non-hydrogen) atoms. The second kappa shape index (κ2) is 3.80. The predicted molar refractivity (Wildman–Crippen MR) is 78.0 cm³/mol. The van der Waals surface area contributed by atoms with Gasteiger partial charge in [0.05, 0.1) is 11.8 Å². The predicted octanol–water partition coefficient (Wildman–Crippen LogP) is 0.701. The number of amides is 1. The first-order chi connectivity index (χ1) is 9.80. The van der Waals surface area contributed by atoms with E-state index in [9.17, 15) is 13.2 Å². The quantitative estimate of drug-likeness (QED) is 0.773. The van der Waals surface area contributed by atoms with Crippen molar-refractivity contribution in [3.8, 4) is 0 Å². The highest BCUT2D eigenvalue weighted by molar-refractivity contribution is 7.90. The van der Waals surface area contributed by atoms with Crippen molar-refractivity contribution in [1.29, 1.82) is 0 Å². The van der Waals surface area contributed by atoms with Gasteiger partial charge in [-0.25, -0.2) is 12.7 Å². The van der Waals surface area contributed by atoms with Gasteiger partial charge < -0.3 is 0 Å². The van der Waals surface area contributed by atoms with Gasteiger partial charge in [-0.05, 0) is 30.6 Å². The maximum Gasteiger partial charge on any atom is 0.260 e. The average molecular weight is 311 g/mol. The Bertz CT molecular complexity index is 634. The molecule has 1 saturated heterocycles. The first kappa shape index (κ1) is 13.5. The van der Waals surface area contributed by atoms with E-state index >= 15 is 0 Å². The van der Waals surface area contributed by atoms with Gasteiger partial charge in [-0.3, -0.25) is 10.2 Å². The Morgan fingerprint density at radius 3 is 2.81 bits per heavy atom. The van der Waals surface area contributed by atoms with Crippen molar-refractivity contribution >= 4 is 22.1 Å². The summed E-state index contributed by atoms with van der Waals surface area (Å²) in [6, 6.07) is -0.664. The van der Waals surface area contributed by atoms with Gasteiger partial charge in [-0.1, -0.05) is 13.8 Å². The van der Waals surface area contributed by atoms with Gasteiger partial charge >= 0.3 is 0 Å². The zero-order valence-corrected chi connectivity index (χ0v) is 13.2. The van der Waals surface area contributed by atoms with E-state index in [1.54, 1.807) is 6.21 Å². The van der Waals surface area contributed by atoms with Crippen molar-refractivity contribution in [3.05, 3.63) is 0 Å². The molecule has 0 aromatic carbocycles. The SMILES string of the molecule is CC1(C)C2CCC13CS(=O)(=O)N(C(=O)C1CC=NN1)C3C2. The van der Waals surface area contributed by atoms with E-state index in [2.05, 4.69) is 24.4 Å². The highest BCUT2D eigenvalue weighted by Crippen LogP contribution is 2.70. The summed E-state index contributed by atoms with van der Waals surface area (Å²) in [5.41, 5.74) is 2.48. The van der Waals surface area contributed by atoms with Crippen molar-refractivity contribution in [1.82, 2.24) is 9.73 Å². The Morgan fingerprint density at radius 2 is 2.19 bits per heavy atom. The van der Waals surface area contributed by atoms with Crippen LogP contribution in [0, 0.1) is 16.7 Å². The maximum absolute atomic E-state index is 12.7. The van der Waals surface area contributed by atoms with Crippen LogP contribution >= 0.6 is 0 Å². The number of nitrogens with zero attached hydrogens (tertiary/aromatic N) is 2. The fourth-order valence-corrected chi connectivity index (χ4v) is 7.82. The summed E-state index contributed by atoms with van der Waals surface area (Å²) in [5, 5.41) is 3.85. The Morgan fingerprint density at radius 1 is 1.43 bits per heavy atom. The number of hydrazone groups is 1. The van der Waals surface area contributed by atoms with Gasteiger partial charge in [-0.15, -0.1) is 0 Å². The number of carbonyl (C=O) groups is 1. The molecule has 2 heterocycles. The number of hydrogen-bond acceptors (Lipinski definition) is 5. The van der Waals surface area contributed by atoms with Gasteiger partial charge in [0.1, 0.15) is 6.04 Å². The molecule has 0 aromatic rings. The molecule has 4 aliphatic rings. The van der Waals surface area contributed by atoms with Gasteiger partial charge in [0, 0.05) is 18.1 Å². The molecule has 2 aliphatic heterocycles.